The predicted octanol–water partition coefficient (Wildman–Crippen LogP) is 1.97. The Bertz CT molecular complexity index is 462. The molecule has 0 aliphatic rings. The first kappa shape index (κ1) is 9.45. The Morgan fingerprint density at radius 3 is 2.87 bits per heavy atom. The van der Waals surface area contributed by atoms with E-state index in [0.29, 0.717) is 5.69 Å². The fraction of sp³-hybridized carbons (Fsp3) is 0.0909. The van der Waals surface area contributed by atoms with Crippen LogP contribution in [-0.2, 0) is 11.2 Å². The lowest BCUT2D eigenvalue weighted by atomic mass is 10.0. The number of carboxylic acids is 1. The van der Waals surface area contributed by atoms with Gasteiger partial charge >= 0.3 is 5.97 Å². The van der Waals surface area contributed by atoms with Gasteiger partial charge < -0.3 is 9.52 Å². The van der Waals surface area contributed by atoms with E-state index >= 15 is 0 Å². The summed E-state index contributed by atoms with van der Waals surface area (Å²) < 4.78 is 4.87. The Balaban J connectivity index is 2.42. The molecule has 4 nitrogen and oxygen atoms in total. The molecule has 0 radical (unpaired) electrons. The summed E-state index contributed by atoms with van der Waals surface area (Å²) in [6.45, 7) is 0. The molecule has 0 saturated carbocycles. The lowest BCUT2D eigenvalue weighted by Crippen LogP contribution is -2.01. The highest BCUT2D eigenvalue weighted by atomic mass is 16.4. The van der Waals surface area contributed by atoms with E-state index in [0.717, 1.165) is 11.1 Å². The van der Waals surface area contributed by atoms with E-state index in [2.05, 4.69) is 4.98 Å². The zero-order chi connectivity index (χ0) is 10.7. The number of rotatable bonds is 3. The molecule has 15 heavy (non-hydrogen) atoms. The maximum absolute atomic E-state index is 10.6. The maximum atomic E-state index is 10.6. The monoisotopic (exact) mass is 203 g/mol. The van der Waals surface area contributed by atoms with Crippen LogP contribution < -0.4 is 0 Å². The van der Waals surface area contributed by atoms with Gasteiger partial charge in [0.1, 0.15) is 12.0 Å². The van der Waals surface area contributed by atoms with Gasteiger partial charge in [-0.1, -0.05) is 24.3 Å². The maximum Gasteiger partial charge on any atom is 0.307 e. The quantitative estimate of drug-likeness (QED) is 0.828. The molecule has 76 valence electrons. The van der Waals surface area contributed by atoms with Crippen LogP contribution in [0.25, 0.3) is 11.3 Å². The van der Waals surface area contributed by atoms with Crippen LogP contribution in [0.2, 0.25) is 0 Å². The third kappa shape index (κ3) is 2.04. The van der Waals surface area contributed by atoms with Crippen LogP contribution in [0.1, 0.15) is 5.56 Å². The van der Waals surface area contributed by atoms with Crippen molar-refractivity contribution in [1.29, 1.82) is 0 Å². The van der Waals surface area contributed by atoms with Crippen molar-refractivity contribution in [2.24, 2.45) is 0 Å². The van der Waals surface area contributed by atoms with Crippen LogP contribution in [0.3, 0.4) is 0 Å². The van der Waals surface area contributed by atoms with Gasteiger partial charge in [-0.2, -0.15) is 0 Å². The van der Waals surface area contributed by atoms with E-state index in [1.807, 2.05) is 18.2 Å². The van der Waals surface area contributed by atoms with Crippen LogP contribution in [-0.4, -0.2) is 16.1 Å². The van der Waals surface area contributed by atoms with Crippen molar-refractivity contribution in [2.75, 3.05) is 0 Å². The first-order chi connectivity index (χ1) is 7.27. The molecular weight excluding hydrogens is 194 g/mol. The lowest BCUT2D eigenvalue weighted by molar-refractivity contribution is -0.136. The van der Waals surface area contributed by atoms with Crippen molar-refractivity contribution in [3.8, 4) is 11.3 Å². The highest BCUT2D eigenvalue weighted by Gasteiger charge is 2.09. The predicted molar refractivity (Wildman–Crippen MR) is 53.3 cm³/mol. The van der Waals surface area contributed by atoms with Crippen molar-refractivity contribution in [2.45, 2.75) is 6.42 Å². The molecule has 2 aromatic rings. The largest absolute Gasteiger partial charge is 0.481 e. The van der Waals surface area contributed by atoms with Gasteiger partial charge in [-0.25, -0.2) is 4.98 Å². The minimum Gasteiger partial charge on any atom is -0.481 e. The van der Waals surface area contributed by atoms with Gasteiger partial charge in [-0.05, 0) is 5.56 Å². The van der Waals surface area contributed by atoms with Crippen molar-refractivity contribution < 1.29 is 14.3 Å². The van der Waals surface area contributed by atoms with Crippen molar-refractivity contribution >= 4 is 5.97 Å². The van der Waals surface area contributed by atoms with E-state index in [4.69, 9.17) is 9.52 Å². The number of carbonyl (C=O) groups is 1. The highest BCUT2D eigenvalue weighted by molar-refractivity contribution is 5.75. The number of hydrogen-bond acceptors (Lipinski definition) is 3. The van der Waals surface area contributed by atoms with E-state index in [1.165, 1.54) is 12.7 Å². The third-order valence-electron chi connectivity index (χ3n) is 2.07. The molecule has 1 heterocycles. The molecule has 0 saturated heterocycles. The van der Waals surface area contributed by atoms with E-state index in [1.54, 1.807) is 6.07 Å². The molecule has 0 atom stereocenters. The van der Waals surface area contributed by atoms with Crippen molar-refractivity contribution in [1.82, 2.24) is 4.98 Å². The number of aliphatic carboxylic acids is 1. The summed E-state index contributed by atoms with van der Waals surface area (Å²) in [5, 5.41) is 8.75. The second-order valence-corrected chi connectivity index (χ2v) is 3.10. The summed E-state index contributed by atoms with van der Waals surface area (Å²) in [6.07, 6.45) is 2.82. The number of benzene rings is 1. The SMILES string of the molecule is O=C(O)Cc1ccccc1-c1cocn1. The lowest BCUT2D eigenvalue weighted by Gasteiger charge is -2.03. The molecule has 0 bridgehead atoms. The van der Waals surface area contributed by atoms with Crippen LogP contribution in [0.5, 0.6) is 0 Å². The Kier molecular flexibility index (Phi) is 2.49. The molecule has 0 fully saturated rings. The Labute approximate surface area is 86.2 Å². The molecule has 2 rings (SSSR count). The molecule has 0 aliphatic carbocycles. The standard InChI is InChI=1S/C11H9NO3/c13-11(14)5-8-3-1-2-4-9(8)10-6-15-7-12-10/h1-4,6-7H,5H2,(H,13,14). The topological polar surface area (TPSA) is 63.3 Å². The van der Waals surface area contributed by atoms with Crippen LogP contribution in [0, 0.1) is 0 Å². The van der Waals surface area contributed by atoms with Gasteiger partial charge in [0.25, 0.3) is 0 Å². The second-order valence-electron chi connectivity index (χ2n) is 3.10. The molecule has 1 N–H and O–H groups in total. The molecule has 0 aliphatic heterocycles. The summed E-state index contributed by atoms with van der Waals surface area (Å²) >= 11 is 0. The van der Waals surface area contributed by atoms with E-state index in [-0.39, 0.29) is 6.42 Å². The number of carboxylic acid groups (broad SMARTS) is 1. The summed E-state index contributed by atoms with van der Waals surface area (Å²) in [5.74, 6) is -0.856. The molecule has 1 aromatic heterocycles. The average molecular weight is 203 g/mol. The molecule has 0 unspecified atom stereocenters. The molecule has 0 spiro atoms. The smallest absolute Gasteiger partial charge is 0.307 e. The second kappa shape index (κ2) is 3.96. The zero-order valence-corrected chi connectivity index (χ0v) is 7.88. The Morgan fingerprint density at radius 1 is 1.40 bits per heavy atom. The van der Waals surface area contributed by atoms with Gasteiger partial charge in [0.15, 0.2) is 6.39 Å². The zero-order valence-electron chi connectivity index (χ0n) is 7.88. The van der Waals surface area contributed by atoms with Gasteiger partial charge in [0, 0.05) is 5.56 Å². The Hall–Kier alpha value is -2.10. The van der Waals surface area contributed by atoms with Gasteiger partial charge in [0.05, 0.1) is 6.42 Å². The third-order valence-corrected chi connectivity index (χ3v) is 2.07. The Morgan fingerprint density at radius 2 is 2.20 bits per heavy atom. The minimum atomic E-state index is -0.856. The number of nitrogens with zero attached hydrogens (tertiary/aromatic N) is 1. The first-order valence-electron chi connectivity index (χ1n) is 4.45. The van der Waals surface area contributed by atoms with Crippen LogP contribution >= 0.6 is 0 Å². The number of oxazole rings is 1. The normalized spacial score (nSPS) is 10.1. The van der Waals surface area contributed by atoms with Crippen LogP contribution in [0.4, 0.5) is 0 Å². The number of aromatic nitrogens is 1. The molecule has 0 amide bonds. The highest BCUT2D eigenvalue weighted by Crippen LogP contribution is 2.22. The average Bonchev–Trinajstić information content (AvgIpc) is 2.70. The summed E-state index contributed by atoms with van der Waals surface area (Å²) in [7, 11) is 0. The van der Waals surface area contributed by atoms with Crippen molar-refractivity contribution in [3.63, 3.8) is 0 Å². The van der Waals surface area contributed by atoms with E-state index in [9.17, 15) is 4.79 Å². The number of hydrogen-bond donors (Lipinski definition) is 1. The summed E-state index contributed by atoms with van der Waals surface area (Å²) in [5.41, 5.74) is 2.19. The van der Waals surface area contributed by atoms with Crippen LogP contribution in [0.15, 0.2) is 41.3 Å². The fourth-order valence-corrected chi connectivity index (χ4v) is 1.43. The molecule has 4 heteroatoms. The summed E-state index contributed by atoms with van der Waals surface area (Å²) in [4.78, 5) is 14.6. The molecule has 1 aromatic carbocycles. The first-order valence-corrected chi connectivity index (χ1v) is 4.45. The molecular formula is C11H9NO3. The van der Waals surface area contributed by atoms with Gasteiger partial charge in [-0.3, -0.25) is 4.79 Å². The van der Waals surface area contributed by atoms with Gasteiger partial charge in [0.2, 0.25) is 0 Å². The minimum absolute atomic E-state index is 0.0109. The van der Waals surface area contributed by atoms with E-state index < -0.39 is 5.97 Å². The van der Waals surface area contributed by atoms with Crippen molar-refractivity contribution in [3.05, 3.63) is 42.5 Å². The van der Waals surface area contributed by atoms with Gasteiger partial charge in [-0.15, -0.1) is 0 Å². The summed E-state index contributed by atoms with van der Waals surface area (Å²) in [6, 6.07) is 7.26. The fourth-order valence-electron chi connectivity index (χ4n) is 1.43.